The van der Waals surface area contributed by atoms with E-state index in [1.165, 1.54) is 19.2 Å². The van der Waals surface area contributed by atoms with E-state index < -0.39 is 27.7 Å². The Hall–Kier alpha value is -2.79. The summed E-state index contributed by atoms with van der Waals surface area (Å²) >= 11 is 0. The molecule has 22 heavy (non-hydrogen) atoms. The molecule has 0 aliphatic carbocycles. The Morgan fingerprint density at radius 3 is 2.32 bits per heavy atom. The van der Waals surface area contributed by atoms with Gasteiger partial charge in [-0.2, -0.15) is 23.3 Å². The highest BCUT2D eigenvalue weighted by Gasteiger charge is 2.23. The van der Waals surface area contributed by atoms with E-state index in [1.54, 1.807) is 0 Å². The maximum absolute atomic E-state index is 11.1. The van der Waals surface area contributed by atoms with Gasteiger partial charge in [-0.15, -0.1) is 5.11 Å². The molecule has 116 valence electrons. The van der Waals surface area contributed by atoms with E-state index >= 15 is 0 Å². The van der Waals surface area contributed by atoms with Crippen molar-refractivity contribution in [2.75, 3.05) is 7.05 Å². The molecule has 0 radical (unpaired) electrons. The molecule has 10 nitrogen and oxygen atoms in total. The number of carboxylic acid groups (broad SMARTS) is 1. The van der Waals surface area contributed by atoms with Gasteiger partial charge in [0.25, 0.3) is 10.1 Å². The van der Waals surface area contributed by atoms with Gasteiger partial charge in [-0.25, -0.2) is 4.79 Å². The third-order valence-corrected chi connectivity index (χ3v) is 3.49. The number of aromatic carboxylic acids is 1. The van der Waals surface area contributed by atoms with Crippen molar-refractivity contribution in [3.05, 3.63) is 30.0 Å². The van der Waals surface area contributed by atoms with Crippen LogP contribution >= 0.6 is 0 Å². The Kier molecular flexibility index (Phi) is 3.93. The Morgan fingerprint density at radius 1 is 1.27 bits per heavy atom. The summed E-state index contributed by atoms with van der Waals surface area (Å²) in [6.45, 7) is 0. The SMILES string of the molecule is C/N=N/c1c(C(=O)O)nn(-c2ccc(S(=O)(=O)O)cc2)c1O. The van der Waals surface area contributed by atoms with Crippen molar-refractivity contribution in [2.24, 2.45) is 10.2 Å². The first-order valence-corrected chi connectivity index (χ1v) is 7.12. The smallest absolute Gasteiger partial charge is 0.358 e. The molecule has 2 aromatic rings. The molecule has 0 unspecified atom stereocenters. The van der Waals surface area contributed by atoms with Crippen molar-refractivity contribution < 1.29 is 28.0 Å². The number of hydrogen-bond acceptors (Lipinski definition) is 7. The first-order chi connectivity index (χ1) is 10.3. The maximum atomic E-state index is 11.1. The van der Waals surface area contributed by atoms with Crippen LogP contribution in [0.15, 0.2) is 39.4 Å². The second-order valence-corrected chi connectivity index (χ2v) is 5.43. The Labute approximate surface area is 124 Å². The van der Waals surface area contributed by atoms with E-state index in [4.69, 9.17) is 9.66 Å². The van der Waals surface area contributed by atoms with E-state index in [-0.39, 0.29) is 16.3 Å². The van der Waals surface area contributed by atoms with Crippen molar-refractivity contribution >= 4 is 21.8 Å². The number of aromatic hydroxyl groups is 1. The van der Waals surface area contributed by atoms with Gasteiger partial charge in [-0.1, -0.05) is 0 Å². The summed E-state index contributed by atoms with van der Waals surface area (Å²) in [5, 5.41) is 29.6. The lowest BCUT2D eigenvalue weighted by molar-refractivity contribution is 0.0690. The number of carbonyl (C=O) groups is 1. The van der Waals surface area contributed by atoms with E-state index in [0.29, 0.717) is 0 Å². The normalized spacial score (nSPS) is 11.9. The fraction of sp³-hybridized carbons (Fsp3) is 0.0909. The fourth-order valence-corrected chi connectivity index (χ4v) is 2.16. The lowest BCUT2D eigenvalue weighted by Gasteiger charge is -2.03. The predicted octanol–water partition coefficient (Wildman–Crippen LogP) is 1.24. The van der Waals surface area contributed by atoms with Gasteiger partial charge in [0.1, 0.15) is 0 Å². The minimum atomic E-state index is -4.36. The third-order valence-electron chi connectivity index (χ3n) is 2.62. The zero-order chi connectivity index (χ0) is 16.5. The van der Waals surface area contributed by atoms with Crippen molar-refractivity contribution in [3.63, 3.8) is 0 Å². The standard InChI is InChI=1S/C11H10N4O6S/c1-12-13-8-9(11(17)18)14-15(10(8)16)6-2-4-7(5-3-6)22(19,20)21/h2-5,16H,1H3,(H,17,18)(H,19,20,21)/b13-12+. The molecule has 1 aromatic carbocycles. The average molecular weight is 326 g/mol. The van der Waals surface area contributed by atoms with Gasteiger partial charge in [0.2, 0.25) is 11.6 Å². The Morgan fingerprint density at radius 2 is 1.86 bits per heavy atom. The number of carboxylic acids is 1. The number of azo groups is 1. The molecule has 3 N–H and O–H groups in total. The topological polar surface area (TPSA) is 154 Å². The second-order valence-electron chi connectivity index (χ2n) is 4.01. The van der Waals surface area contributed by atoms with Crippen LogP contribution in [0.2, 0.25) is 0 Å². The average Bonchev–Trinajstić information content (AvgIpc) is 2.76. The van der Waals surface area contributed by atoms with Crippen LogP contribution in [0.3, 0.4) is 0 Å². The number of rotatable bonds is 4. The first-order valence-electron chi connectivity index (χ1n) is 5.68. The molecular weight excluding hydrogens is 316 g/mol. The molecule has 0 atom stereocenters. The molecule has 0 bridgehead atoms. The highest BCUT2D eigenvalue weighted by Crippen LogP contribution is 2.33. The molecule has 1 heterocycles. The Bertz CT molecular complexity index is 853. The van der Waals surface area contributed by atoms with Crippen LogP contribution in [-0.2, 0) is 10.1 Å². The third kappa shape index (κ3) is 2.80. The van der Waals surface area contributed by atoms with Crippen LogP contribution in [0.1, 0.15) is 10.5 Å². The van der Waals surface area contributed by atoms with Crippen LogP contribution in [0.4, 0.5) is 5.69 Å². The van der Waals surface area contributed by atoms with Crippen molar-refractivity contribution in [1.29, 1.82) is 0 Å². The van der Waals surface area contributed by atoms with E-state index in [0.717, 1.165) is 16.8 Å². The zero-order valence-electron chi connectivity index (χ0n) is 11.1. The molecule has 0 aliphatic rings. The maximum Gasteiger partial charge on any atom is 0.358 e. The van der Waals surface area contributed by atoms with E-state index in [2.05, 4.69) is 15.3 Å². The van der Waals surface area contributed by atoms with E-state index in [1.807, 2.05) is 0 Å². The lowest BCUT2D eigenvalue weighted by atomic mass is 10.3. The van der Waals surface area contributed by atoms with Gasteiger partial charge in [0.15, 0.2) is 5.69 Å². The highest BCUT2D eigenvalue weighted by atomic mass is 32.2. The monoisotopic (exact) mass is 326 g/mol. The fourth-order valence-electron chi connectivity index (χ4n) is 1.68. The quantitative estimate of drug-likeness (QED) is 0.563. The summed E-state index contributed by atoms with van der Waals surface area (Å²) in [6.07, 6.45) is 0. The van der Waals surface area contributed by atoms with Gasteiger partial charge in [-0.3, -0.25) is 4.55 Å². The van der Waals surface area contributed by atoms with Gasteiger partial charge in [0, 0.05) is 7.05 Å². The summed E-state index contributed by atoms with van der Waals surface area (Å²) in [5.74, 6) is -1.98. The second kappa shape index (κ2) is 5.54. The molecule has 1 aromatic heterocycles. The summed E-state index contributed by atoms with van der Waals surface area (Å²) in [6, 6.07) is 4.61. The van der Waals surface area contributed by atoms with E-state index in [9.17, 15) is 18.3 Å². The lowest BCUT2D eigenvalue weighted by Crippen LogP contribution is -2.02. The van der Waals surface area contributed by atoms with Crippen molar-refractivity contribution in [1.82, 2.24) is 9.78 Å². The molecule has 0 aliphatic heterocycles. The Balaban J connectivity index is 2.58. The van der Waals surface area contributed by atoms with Crippen LogP contribution in [-0.4, -0.2) is 46.0 Å². The number of hydrogen-bond donors (Lipinski definition) is 3. The van der Waals surface area contributed by atoms with Gasteiger partial charge < -0.3 is 10.2 Å². The van der Waals surface area contributed by atoms with Gasteiger partial charge in [-0.05, 0) is 24.3 Å². The van der Waals surface area contributed by atoms with Crippen LogP contribution < -0.4 is 0 Å². The minimum Gasteiger partial charge on any atom is -0.492 e. The van der Waals surface area contributed by atoms with Crippen LogP contribution in [0, 0.1) is 0 Å². The summed E-state index contributed by atoms with van der Waals surface area (Å²) in [5.41, 5.74) is -0.666. The molecule has 0 saturated carbocycles. The van der Waals surface area contributed by atoms with Crippen LogP contribution in [0.5, 0.6) is 5.88 Å². The zero-order valence-corrected chi connectivity index (χ0v) is 11.9. The molecule has 0 fully saturated rings. The highest BCUT2D eigenvalue weighted by molar-refractivity contribution is 7.85. The summed E-state index contributed by atoms with van der Waals surface area (Å²) < 4.78 is 31.7. The number of benzene rings is 1. The van der Waals surface area contributed by atoms with Gasteiger partial charge in [0.05, 0.1) is 10.6 Å². The summed E-state index contributed by atoms with van der Waals surface area (Å²) in [7, 11) is -3.06. The molecule has 0 saturated heterocycles. The molecular formula is C11H10N4O6S. The minimum absolute atomic E-state index is 0.171. The molecule has 2 rings (SSSR count). The van der Waals surface area contributed by atoms with Crippen LogP contribution in [0.25, 0.3) is 5.69 Å². The predicted molar refractivity (Wildman–Crippen MR) is 72.4 cm³/mol. The summed E-state index contributed by atoms with van der Waals surface area (Å²) in [4.78, 5) is 10.7. The molecule has 0 spiro atoms. The van der Waals surface area contributed by atoms with Crippen molar-refractivity contribution in [3.8, 4) is 11.6 Å². The van der Waals surface area contributed by atoms with Crippen molar-refractivity contribution in [2.45, 2.75) is 4.90 Å². The largest absolute Gasteiger partial charge is 0.492 e. The number of nitrogens with zero attached hydrogens (tertiary/aromatic N) is 4. The number of aromatic nitrogens is 2. The molecule has 11 heteroatoms. The van der Waals surface area contributed by atoms with Gasteiger partial charge >= 0.3 is 5.97 Å². The first kappa shape index (κ1) is 15.6. The molecule has 0 amide bonds.